The van der Waals surface area contributed by atoms with Crippen molar-refractivity contribution >= 4 is 47.9 Å². The van der Waals surface area contributed by atoms with E-state index in [1.165, 1.54) is 38.0 Å². The standard InChI is InChI=1S/C11H15NS.Na/c13-11-6-4-10(5-7-11)12-8-2-1-3-9-12;/h4-7,13H,1-3,8-9H2;. The third-order valence-corrected chi connectivity index (χ3v) is 2.87. The molecule has 14 heavy (non-hydrogen) atoms. The number of rotatable bonds is 1. The van der Waals surface area contributed by atoms with Crippen LogP contribution in [0.2, 0.25) is 0 Å². The van der Waals surface area contributed by atoms with Gasteiger partial charge < -0.3 is 4.90 Å². The van der Waals surface area contributed by atoms with Crippen LogP contribution < -0.4 is 4.90 Å². The van der Waals surface area contributed by atoms with Crippen LogP contribution in [0.5, 0.6) is 0 Å². The summed E-state index contributed by atoms with van der Waals surface area (Å²) in [4.78, 5) is 3.50. The second-order valence-corrected chi connectivity index (χ2v) is 4.08. The molecule has 1 saturated heterocycles. The van der Waals surface area contributed by atoms with Gasteiger partial charge in [-0.3, -0.25) is 0 Å². The molecule has 0 aliphatic carbocycles. The van der Waals surface area contributed by atoms with Crippen LogP contribution in [0.15, 0.2) is 29.2 Å². The van der Waals surface area contributed by atoms with Gasteiger partial charge in [0.2, 0.25) is 0 Å². The molecule has 0 amide bonds. The fourth-order valence-corrected chi connectivity index (χ4v) is 1.96. The third kappa shape index (κ3) is 3.20. The quantitative estimate of drug-likeness (QED) is 0.558. The van der Waals surface area contributed by atoms with Crippen LogP contribution in [0.1, 0.15) is 19.3 Å². The number of hydrogen-bond acceptors (Lipinski definition) is 2. The molecule has 1 aromatic rings. The van der Waals surface area contributed by atoms with Crippen LogP contribution in [-0.2, 0) is 0 Å². The van der Waals surface area contributed by atoms with E-state index in [1.807, 2.05) is 0 Å². The van der Waals surface area contributed by atoms with Crippen molar-refractivity contribution < 1.29 is 0 Å². The molecule has 0 spiro atoms. The summed E-state index contributed by atoms with van der Waals surface area (Å²) in [5.41, 5.74) is 1.34. The first-order valence-electron chi connectivity index (χ1n) is 4.90. The van der Waals surface area contributed by atoms with E-state index in [2.05, 4.69) is 41.8 Å². The molecule has 3 heteroatoms. The van der Waals surface area contributed by atoms with Crippen molar-refractivity contribution in [1.82, 2.24) is 0 Å². The molecule has 1 heterocycles. The van der Waals surface area contributed by atoms with Crippen molar-refractivity contribution in [1.29, 1.82) is 0 Å². The Bertz CT molecular complexity index is 267. The summed E-state index contributed by atoms with van der Waals surface area (Å²) in [7, 11) is 0. The van der Waals surface area contributed by atoms with Gasteiger partial charge in [-0.1, -0.05) is 0 Å². The molecule has 0 aromatic heterocycles. The summed E-state index contributed by atoms with van der Waals surface area (Å²) in [5.74, 6) is 0. The van der Waals surface area contributed by atoms with E-state index in [-0.39, 0.29) is 29.6 Å². The summed E-state index contributed by atoms with van der Waals surface area (Å²) in [6, 6.07) is 8.45. The van der Waals surface area contributed by atoms with Gasteiger partial charge in [0.25, 0.3) is 0 Å². The predicted octanol–water partition coefficient (Wildman–Crippen LogP) is 2.58. The molecule has 71 valence electrons. The fraction of sp³-hybridized carbons (Fsp3) is 0.455. The van der Waals surface area contributed by atoms with Crippen LogP contribution in [0, 0.1) is 0 Å². The largest absolute Gasteiger partial charge is 0.372 e. The molecule has 1 fully saturated rings. The maximum absolute atomic E-state index is 4.28. The van der Waals surface area contributed by atoms with Crippen LogP contribution >= 0.6 is 12.6 Å². The van der Waals surface area contributed by atoms with E-state index in [4.69, 9.17) is 0 Å². The van der Waals surface area contributed by atoms with E-state index in [9.17, 15) is 0 Å². The van der Waals surface area contributed by atoms with Crippen LogP contribution in [0.3, 0.4) is 0 Å². The maximum atomic E-state index is 4.28. The molecular weight excluding hydrogens is 201 g/mol. The molecule has 1 aromatic carbocycles. The topological polar surface area (TPSA) is 3.24 Å². The first kappa shape index (κ1) is 12.4. The van der Waals surface area contributed by atoms with Crippen LogP contribution in [-0.4, -0.2) is 42.6 Å². The maximum Gasteiger partial charge on any atom is 0.0366 e. The second kappa shape index (κ2) is 6.06. The molecule has 0 atom stereocenters. The monoisotopic (exact) mass is 216 g/mol. The van der Waals surface area contributed by atoms with Gasteiger partial charge >= 0.3 is 0 Å². The molecule has 1 nitrogen and oxygen atoms in total. The van der Waals surface area contributed by atoms with Gasteiger partial charge in [-0.2, -0.15) is 0 Å². The van der Waals surface area contributed by atoms with Crippen molar-refractivity contribution in [3.05, 3.63) is 24.3 Å². The van der Waals surface area contributed by atoms with Gasteiger partial charge in [-0.25, -0.2) is 0 Å². The molecule has 0 bridgehead atoms. The van der Waals surface area contributed by atoms with Crippen LogP contribution in [0.4, 0.5) is 5.69 Å². The zero-order valence-electron chi connectivity index (χ0n) is 8.74. The van der Waals surface area contributed by atoms with E-state index < -0.39 is 0 Å². The Labute approximate surface area is 114 Å². The zero-order valence-corrected chi connectivity index (χ0v) is 11.6. The molecule has 2 rings (SSSR count). The Morgan fingerprint density at radius 2 is 1.50 bits per heavy atom. The van der Waals surface area contributed by atoms with Crippen molar-refractivity contribution in [3.8, 4) is 0 Å². The zero-order chi connectivity index (χ0) is 9.10. The van der Waals surface area contributed by atoms with Gasteiger partial charge in [0.1, 0.15) is 0 Å². The summed E-state index contributed by atoms with van der Waals surface area (Å²) in [5, 5.41) is 0. The Morgan fingerprint density at radius 3 is 2.07 bits per heavy atom. The molecule has 1 radical (unpaired) electrons. The number of nitrogens with zero attached hydrogens (tertiary/aromatic N) is 1. The second-order valence-electron chi connectivity index (χ2n) is 3.56. The van der Waals surface area contributed by atoms with Crippen molar-refractivity contribution in [3.63, 3.8) is 0 Å². The minimum absolute atomic E-state index is 0. The fourth-order valence-electron chi connectivity index (χ4n) is 1.82. The summed E-state index contributed by atoms with van der Waals surface area (Å²) >= 11 is 4.28. The molecule has 1 aliphatic rings. The molecular formula is C11H15NNaS. The molecule has 1 aliphatic heterocycles. The number of thiol groups is 1. The van der Waals surface area contributed by atoms with Crippen molar-refractivity contribution in [2.75, 3.05) is 18.0 Å². The van der Waals surface area contributed by atoms with E-state index in [1.54, 1.807) is 0 Å². The minimum Gasteiger partial charge on any atom is -0.372 e. The molecule has 0 unspecified atom stereocenters. The van der Waals surface area contributed by atoms with Gasteiger partial charge in [0.05, 0.1) is 0 Å². The minimum atomic E-state index is 0. The predicted molar refractivity (Wildman–Crippen MR) is 65.5 cm³/mol. The summed E-state index contributed by atoms with van der Waals surface area (Å²) < 4.78 is 0. The first-order valence-corrected chi connectivity index (χ1v) is 5.35. The Hall–Kier alpha value is 0.370. The number of hydrogen-bond donors (Lipinski definition) is 1. The number of anilines is 1. The SMILES string of the molecule is Sc1ccc(N2CCCCC2)cc1.[Na]. The Balaban J connectivity index is 0.000000980. The summed E-state index contributed by atoms with van der Waals surface area (Å²) in [6.45, 7) is 2.43. The first-order chi connectivity index (χ1) is 6.36. The smallest absolute Gasteiger partial charge is 0.0366 e. The Kier molecular flexibility index (Phi) is 5.39. The van der Waals surface area contributed by atoms with Gasteiger partial charge in [0, 0.05) is 53.2 Å². The Morgan fingerprint density at radius 1 is 0.929 bits per heavy atom. The van der Waals surface area contributed by atoms with Crippen molar-refractivity contribution in [2.45, 2.75) is 24.2 Å². The summed E-state index contributed by atoms with van der Waals surface area (Å²) in [6.07, 6.45) is 4.06. The number of benzene rings is 1. The van der Waals surface area contributed by atoms with Gasteiger partial charge in [0.15, 0.2) is 0 Å². The molecule has 0 saturated carbocycles. The van der Waals surface area contributed by atoms with Crippen molar-refractivity contribution in [2.24, 2.45) is 0 Å². The molecule has 0 N–H and O–H groups in total. The average Bonchev–Trinajstić information content (AvgIpc) is 2.20. The third-order valence-electron chi connectivity index (χ3n) is 2.57. The van der Waals surface area contributed by atoms with E-state index >= 15 is 0 Å². The van der Waals surface area contributed by atoms with E-state index in [0.717, 1.165) is 4.90 Å². The van der Waals surface area contributed by atoms with Gasteiger partial charge in [-0.15, -0.1) is 12.6 Å². The number of piperidine rings is 1. The van der Waals surface area contributed by atoms with E-state index in [0.29, 0.717) is 0 Å². The van der Waals surface area contributed by atoms with Gasteiger partial charge in [-0.05, 0) is 43.5 Å². The average molecular weight is 216 g/mol. The van der Waals surface area contributed by atoms with Crippen LogP contribution in [0.25, 0.3) is 0 Å². The normalized spacial score (nSPS) is 16.2.